The van der Waals surface area contributed by atoms with Gasteiger partial charge in [-0.3, -0.25) is 14.3 Å². The third-order valence-corrected chi connectivity index (χ3v) is 4.28. The highest BCUT2D eigenvalue weighted by atomic mass is 32.1. The summed E-state index contributed by atoms with van der Waals surface area (Å²) in [6.45, 7) is 0.108. The number of aromatic amines is 1. The first-order chi connectivity index (χ1) is 10.2. The van der Waals surface area contributed by atoms with Gasteiger partial charge in [0.1, 0.15) is 4.83 Å². The molecular formula is C15H11N3O2S. The Hall–Kier alpha value is -2.65. The summed E-state index contributed by atoms with van der Waals surface area (Å²) in [7, 11) is 0. The first kappa shape index (κ1) is 13.3. The fraction of sp³-hybridized carbons (Fsp3) is 0.133. The smallest absolute Gasteiger partial charge is 0.298 e. The Morgan fingerprint density at radius 2 is 2.00 bits per heavy atom. The summed E-state index contributed by atoms with van der Waals surface area (Å²) >= 11 is 1.38. The van der Waals surface area contributed by atoms with Gasteiger partial charge in [0.05, 0.1) is 17.9 Å². The molecule has 0 radical (unpaired) electrons. The van der Waals surface area contributed by atoms with Crippen molar-refractivity contribution in [2.24, 2.45) is 0 Å². The highest BCUT2D eigenvalue weighted by Crippen LogP contribution is 2.30. The number of nitrogens with zero attached hydrogens (tertiary/aromatic N) is 2. The van der Waals surface area contributed by atoms with Crippen molar-refractivity contribution in [2.45, 2.75) is 13.0 Å². The lowest BCUT2D eigenvalue weighted by Crippen LogP contribution is -2.34. The number of benzene rings is 1. The quantitative estimate of drug-likeness (QED) is 0.806. The molecule has 0 fully saturated rings. The number of nitriles is 1. The average molecular weight is 297 g/mol. The predicted molar refractivity (Wildman–Crippen MR) is 82.4 cm³/mol. The molecule has 6 heteroatoms. The Bertz CT molecular complexity index is 945. The fourth-order valence-corrected chi connectivity index (χ4v) is 3.20. The summed E-state index contributed by atoms with van der Waals surface area (Å²) in [4.78, 5) is 28.5. The van der Waals surface area contributed by atoms with Gasteiger partial charge in [-0.1, -0.05) is 30.3 Å². The lowest BCUT2D eigenvalue weighted by molar-refractivity contribution is 0.651. The van der Waals surface area contributed by atoms with E-state index in [1.807, 2.05) is 36.4 Å². The van der Waals surface area contributed by atoms with Crippen LogP contribution in [0.5, 0.6) is 0 Å². The Balaban J connectivity index is 2.19. The third-order valence-electron chi connectivity index (χ3n) is 3.18. The van der Waals surface area contributed by atoms with Crippen molar-refractivity contribution in [3.8, 4) is 16.5 Å². The van der Waals surface area contributed by atoms with Crippen LogP contribution in [0.1, 0.15) is 6.42 Å². The molecule has 2 heterocycles. The van der Waals surface area contributed by atoms with Crippen LogP contribution in [-0.4, -0.2) is 9.55 Å². The molecule has 1 N–H and O–H groups in total. The normalized spacial score (nSPS) is 10.6. The maximum absolute atomic E-state index is 12.3. The summed E-state index contributed by atoms with van der Waals surface area (Å²) in [5.41, 5.74) is 0.189. The second kappa shape index (κ2) is 5.38. The van der Waals surface area contributed by atoms with Gasteiger partial charge < -0.3 is 0 Å². The van der Waals surface area contributed by atoms with Gasteiger partial charge >= 0.3 is 5.69 Å². The predicted octanol–water partition coefficient (Wildman–Crippen LogP) is 2.33. The molecule has 5 nitrogen and oxygen atoms in total. The molecule has 0 unspecified atom stereocenters. The van der Waals surface area contributed by atoms with E-state index in [2.05, 4.69) is 4.98 Å². The number of hydrogen-bond donors (Lipinski definition) is 1. The Morgan fingerprint density at radius 1 is 1.24 bits per heavy atom. The van der Waals surface area contributed by atoms with Gasteiger partial charge in [-0.15, -0.1) is 11.3 Å². The van der Waals surface area contributed by atoms with Crippen LogP contribution in [0.3, 0.4) is 0 Å². The van der Waals surface area contributed by atoms with Crippen molar-refractivity contribution >= 4 is 21.6 Å². The molecule has 104 valence electrons. The van der Waals surface area contributed by atoms with Crippen molar-refractivity contribution in [3.05, 3.63) is 57.2 Å². The molecule has 21 heavy (non-hydrogen) atoms. The van der Waals surface area contributed by atoms with Crippen LogP contribution >= 0.6 is 11.3 Å². The maximum Gasteiger partial charge on any atom is 0.329 e. The van der Waals surface area contributed by atoms with Crippen LogP contribution in [0.2, 0.25) is 0 Å². The number of nitrogens with one attached hydrogen (secondary N) is 1. The minimum atomic E-state index is -0.468. The van der Waals surface area contributed by atoms with Crippen LogP contribution in [0.15, 0.2) is 46.0 Å². The molecule has 0 aliphatic heterocycles. The van der Waals surface area contributed by atoms with E-state index in [4.69, 9.17) is 5.26 Å². The van der Waals surface area contributed by atoms with Gasteiger partial charge in [0, 0.05) is 11.4 Å². The van der Waals surface area contributed by atoms with Crippen molar-refractivity contribution in [3.63, 3.8) is 0 Å². The summed E-state index contributed by atoms with van der Waals surface area (Å²) in [6, 6.07) is 13.4. The lowest BCUT2D eigenvalue weighted by Gasteiger charge is -2.00. The Kier molecular flexibility index (Phi) is 3.42. The molecule has 0 atom stereocenters. The van der Waals surface area contributed by atoms with Crippen molar-refractivity contribution in [2.75, 3.05) is 0 Å². The van der Waals surface area contributed by atoms with Gasteiger partial charge in [-0.05, 0) is 11.6 Å². The molecule has 0 bridgehead atoms. The molecule has 0 amide bonds. The summed E-state index contributed by atoms with van der Waals surface area (Å²) < 4.78 is 1.08. The van der Waals surface area contributed by atoms with Gasteiger partial charge in [0.2, 0.25) is 0 Å². The number of aromatic nitrogens is 2. The highest BCUT2D eigenvalue weighted by molar-refractivity contribution is 7.21. The number of hydrogen-bond acceptors (Lipinski definition) is 4. The topological polar surface area (TPSA) is 78.7 Å². The van der Waals surface area contributed by atoms with E-state index < -0.39 is 5.69 Å². The fourth-order valence-electron chi connectivity index (χ4n) is 2.15. The molecule has 3 rings (SSSR count). The van der Waals surface area contributed by atoms with Crippen molar-refractivity contribution < 1.29 is 0 Å². The van der Waals surface area contributed by atoms with Crippen LogP contribution in [-0.2, 0) is 6.54 Å². The maximum atomic E-state index is 12.3. The SMILES string of the molecule is N#CCCn1c(=O)[nH]c2sc(-c3ccccc3)cc2c1=O. The molecule has 0 saturated carbocycles. The molecule has 3 aromatic rings. The summed E-state index contributed by atoms with van der Waals surface area (Å²) in [5, 5.41) is 9.08. The van der Waals surface area contributed by atoms with E-state index in [0.717, 1.165) is 15.0 Å². The van der Waals surface area contributed by atoms with Crippen LogP contribution < -0.4 is 11.2 Å². The van der Waals surface area contributed by atoms with E-state index in [1.165, 1.54) is 11.3 Å². The first-order valence-corrected chi connectivity index (χ1v) is 7.21. The largest absolute Gasteiger partial charge is 0.329 e. The standard InChI is InChI=1S/C15H11N3O2S/c16-7-4-8-18-14(19)11-9-12(10-5-2-1-3-6-10)21-13(11)17-15(18)20/h1-3,5-6,9H,4,8H2,(H,17,20). The minimum absolute atomic E-state index is 0.108. The Labute approximate surface area is 123 Å². The van der Waals surface area contributed by atoms with E-state index in [9.17, 15) is 9.59 Å². The lowest BCUT2D eigenvalue weighted by atomic mass is 10.2. The van der Waals surface area contributed by atoms with E-state index in [1.54, 1.807) is 6.07 Å². The Morgan fingerprint density at radius 3 is 2.71 bits per heavy atom. The van der Waals surface area contributed by atoms with Gasteiger partial charge in [-0.2, -0.15) is 5.26 Å². The highest BCUT2D eigenvalue weighted by Gasteiger charge is 2.11. The second-order valence-corrected chi connectivity index (χ2v) is 5.57. The zero-order valence-electron chi connectivity index (χ0n) is 11.0. The molecule has 0 aliphatic rings. The molecule has 0 aliphatic carbocycles. The zero-order valence-corrected chi connectivity index (χ0v) is 11.8. The van der Waals surface area contributed by atoms with Gasteiger partial charge in [0.15, 0.2) is 0 Å². The zero-order chi connectivity index (χ0) is 14.8. The minimum Gasteiger partial charge on any atom is -0.298 e. The summed E-state index contributed by atoms with van der Waals surface area (Å²) in [5.74, 6) is 0. The monoisotopic (exact) mass is 297 g/mol. The van der Waals surface area contributed by atoms with Gasteiger partial charge in [0.25, 0.3) is 5.56 Å². The summed E-state index contributed by atoms with van der Waals surface area (Å²) in [6.07, 6.45) is 0.129. The number of H-pyrrole nitrogens is 1. The number of rotatable bonds is 3. The van der Waals surface area contributed by atoms with E-state index in [-0.39, 0.29) is 18.5 Å². The third kappa shape index (κ3) is 2.39. The molecule has 0 spiro atoms. The molecule has 2 aromatic heterocycles. The van der Waals surface area contributed by atoms with Gasteiger partial charge in [-0.25, -0.2) is 4.79 Å². The first-order valence-electron chi connectivity index (χ1n) is 6.40. The van der Waals surface area contributed by atoms with Crippen molar-refractivity contribution in [1.82, 2.24) is 9.55 Å². The molecular weight excluding hydrogens is 286 g/mol. The molecule has 0 saturated heterocycles. The second-order valence-electron chi connectivity index (χ2n) is 4.51. The van der Waals surface area contributed by atoms with E-state index >= 15 is 0 Å². The van der Waals surface area contributed by atoms with Crippen LogP contribution in [0, 0.1) is 11.3 Å². The number of fused-ring (bicyclic) bond motifs is 1. The molecule has 1 aromatic carbocycles. The number of thiophene rings is 1. The van der Waals surface area contributed by atoms with Crippen LogP contribution in [0.4, 0.5) is 0 Å². The van der Waals surface area contributed by atoms with Crippen LogP contribution in [0.25, 0.3) is 20.7 Å². The van der Waals surface area contributed by atoms with Crippen molar-refractivity contribution in [1.29, 1.82) is 5.26 Å². The average Bonchev–Trinajstić information content (AvgIpc) is 2.92. The van der Waals surface area contributed by atoms with E-state index in [0.29, 0.717) is 10.2 Å².